The molecule has 0 bridgehead atoms. The van der Waals surface area contributed by atoms with Crippen LogP contribution in [0.1, 0.15) is 46.0 Å². The molecule has 0 heterocycles. The highest BCUT2D eigenvalue weighted by Gasteiger charge is 2.28. The van der Waals surface area contributed by atoms with Crippen LogP contribution >= 0.6 is 27.7 Å². The molecule has 1 aliphatic carbocycles. The van der Waals surface area contributed by atoms with Gasteiger partial charge in [-0.25, -0.2) is 0 Å². The van der Waals surface area contributed by atoms with E-state index in [9.17, 15) is 9.59 Å². The lowest BCUT2D eigenvalue weighted by molar-refractivity contribution is -0.128. The quantitative estimate of drug-likeness (QED) is 0.644. The molecule has 0 spiro atoms. The minimum Gasteiger partial charge on any atom is -0.354 e. The minimum atomic E-state index is 0.0242. The summed E-state index contributed by atoms with van der Waals surface area (Å²) in [4.78, 5) is 25.5. The zero-order valence-electron chi connectivity index (χ0n) is 14.9. The van der Waals surface area contributed by atoms with E-state index in [0.29, 0.717) is 6.42 Å². The second-order valence-corrected chi connectivity index (χ2v) is 8.81. The minimum absolute atomic E-state index is 0.0242. The van der Waals surface area contributed by atoms with Gasteiger partial charge in [-0.05, 0) is 61.2 Å². The fraction of sp³-hybridized carbons (Fsp3) is 0.579. The highest BCUT2D eigenvalue weighted by molar-refractivity contribution is 9.10. The Kier molecular flexibility index (Phi) is 8.30. The first-order valence-corrected chi connectivity index (χ1v) is 10.7. The SMILES string of the molecule is CC(C)NC(=O)C1CCCC(NC(=O)CCSc2ccccc2Br)C1. The van der Waals surface area contributed by atoms with Crippen molar-refractivity contribution >= 4 is 39.5 Å². The van der Waals surface area contributed by atoms with Crippen LogP contribution in [0.15, 0.2) is 33.6 Å². The van der Waals surface area contributed by atoms with Gasteiger partial charge in [0.05, 0.1) is 0 Å². The van der Waals surface area contributed by atoms with Crippen LogP contribution < -0.4 is 10.6 Å². The van der Waals surface area contributed by atoms with Crippen molar-refractivity contribution in [1.82, 2.24) is 10.6 Å². The van der Waals surface area contributed by atoms with Gasteiger partial charge in [-0.3, -0.25) is 9.59 Å². The molecule has 1 aromatic rings. The largest absolute Gasteiger partial charge is 0.354 e. The van der Waals surface area contributed by atoms with Crippen LogP contribution in [0.5, 0.6) is 0 Å². The smallest absolute Gasteiger partial charge is 0.223 e. The van der Waals surface area contributed by atoms with Crippen LogP contribution in [0.3, 0.4) is 0 Å². The van der Waals surface area contributed by atoms with Crippen molar-refractivity contribution < 1.29 is 9.59 Å². The summed E-state index contributed by atoms with van der Waals surface area (Å²) in [7, 11) is 0. The zero-order valence-corrected chi connectivity index (χ0v) is 17.3. The first-order valence-electron chi connectivity index (χ1n) is 8.92. The average Bonchev–Trinajstić information content (AvgIpc) is 2.56. The molecule has 0 saturated heterocycles. The predicted octanol–water partition coefficient (Wildman–Crippen LogP) is 4.13. The Morgan fingerprint density at radius 2 is 2.04 bits per heavy atom. The van der Waals surface area contributed by atoms with Gasteiger partial charge in [-0.2, -0.15) is 0 Å². The van der Waals surface area contributed by atoms with E-state index in [0.717, 1.165) is 40.8 Å². The van der Waals surface area contributed by atoms with Crippen LogP contribution in [0.25, 0.3) is 0 Å². The van der Waals surface area contributed by atoms with Gasteiger partial charge in [0.25, 0.3) is 0 Å². The molecule has 1 aliphatic rings. The zero-order chi connectivity index (χ0) is 18.2. The maximum atomic E-state index is 12.2. The van der Waals surface area contributed by atoms with Gasteiger partial charge < -0.3 is 10.6 Å². The van der Waals surface area contributed by atoms with E-state index < -0.39 is 0 Å². The molecule has 0 aromatic heterocycles. The van der Waals surface area contributed by atoms with Crippen LogP contribution in [0.2, 0.25) is 0 Å². The summed E-state index contributed by atoms with van der Waals surface area (Å²) < 4.78 is 1.06. The molecule has 4 nitrogen and oxygen atoms in total. The molecular weight excluding hydrogens is 400 g/mol. The fourth-order valence-electron chi connectivity index (χ4n) is 3.08. The number of nitrogens with one attached hydrogen (secondary N) is 2. The summed E-state index contributed by atoms with van der Waals surface area (Å²) in [6.07, 6.45) is 4.12. The summed E-state index contributed by atoms with van der Waals surface area (Å²) in [5.41, 5.74) is 0. The molecule has 1 saturated carbocycles. The third kappa shape index (κ3) is 7.02. The molecule has 2 rings (SSSR count). The molecule has 2 amide bonds. The number of benzene rings is 1. The highest BCUT2D eigenvalue weighted by Crippen LogP contribution is 2.28. The number of carbonyl (C=O) groups excluding carboxylic acids is 2. The average molecular weight is 427 g/mol. The first kappa shape index (κ1) is 20.3. The van der Waals surface area contributed by atoms with Crippen molar-refractivity contribution in [2.75, 3.05) is 5.75 Å². The van der Waals surface area contributed by atoms with Gasteiger partial charge in [-0.15, -0.1) is 11.8 Å². The van der Waals surface area contributed by atoms with Crippen molar-refractivity contribution in [2.24, 2.45) is 5.92 Å². The predicted molar refractivity (Wildman–Crippen MR) is 107 cm³/mol. The number of rotatable bonds is 7. The number of amides is 2. The van der Waals surface area contributed by atoms with Gasteiger partial charge in [-0.1, -0.05) is 18.6 Å². The number of hydrogen-bond donors (Lipinski definition) is 2. The number of carbonyl (C=O) groups is 2. The Labute approximate surface area is 163 Å². The molecule has 1 aromatic carbocycles. The Hall–Kier alpha value is -1.01. The standard InChI is InChI=1S/C19H27BrN2O2S/c1-13(2)21-19(24)14-6-5-7-15(12-14)22-18(23)10-11-25-17-9-4-3-8-16(17)20/h3-4,8-9,13-15H,5-7,10-12H2,1-2H3,(H,21,24)(H,22,23). The number of hydrogen-bond acceptors (Lipinski definition) is 3. The van der Waals surface area contributed by atoms with Crippen molar-refractivity contribution in [3.8, 4) is 0 Å². The Balaban J connectivity index is 1.72. The van der Waals surface area contributed by atoms with E-state index in [-0.39, 0.29) is 29.8 Å². The molecule has 0 aliphatic heterocycles. The van der Waals surface area contributed by atoms with E-state index in [4.69, 9.17) is 0 Å². The van der Waals surface area contributed by atoms with E-state index in [1.807, 2.05) is 38.1 Å². The number of halogens is 1. The molecule has 6 heteroatoms. The van der Waals surface area contributed by atoms with E-state index in [1.165, 1.54) is 0 Å². The fourth-order valence-corrected chi connectivity index (χ4v) is 4.59. The third-order valence-corrected chi connectivity index (χ3v) is 6.29. The van der Waals surface area contributed by atoms with Gasteiger partial charge in [0.15, 0.2) is 0 Å². The Bertz CT molecular complexity index is 595. The van der Waals surface area contributed by atoms with Crippen molar-refractivity contribution in [3.63, 3.8) is 0 Å². The van der Waals surface area contributed by atoms with Gasteiger partial charge >= 0.3 is 0 Å². The second-order valence-electron chi connectivity index (χ2n) is 6.82. The van der Waals surface area contributed by atoms with Crippen molar-refractivity contribution in [2.45, 2.75) is 62.9 Å². The monoisotopic (exact) mass is 426 g/mol. The molecule has 2 N–H and O–H groups in total. The first-order chi connectivity index (χ1) is 12.0. The maximum absolute atomic E-state index is 12.2. The van der Waals surface area contributed by atoms with Gasteiger partial charge in [0, 0.05) is 39.5 Å². The summed E-state index contributed by atoms with van der Waals surface area (Å²) in [5.74, 6) is 0.974. The summed E-state index contributed by atoms with van der Waals surface area (Å²) in [6, 6.07) is 8.32. The van der Waals surface area contributed by atoms with Crippen LogP contribution in [0.4, 0.5) is 0 Å². The summed E-state index contributed by atoms with van der Waals surface area (Å²) >= 11 is 5.20. The van der Waals surface area contributed by atoms with E-state index >= 15 is 0 Å². The third-order valence-electron chi connectivity index (χ3n) is 4.26. The lowest BCUT2D eigenvalue weighted by Gasteiger charge is -2.29. The molecular formula is C19H27BrN2O2S. The molecule has 25 heavy (non-hydrogen) atoms. The second kappa shape index (κ2) is 10.2. The van der Waals surface area contributed by atoms with Crippen LogP contribution in [-0.2, 0) is 9.59 Å². The molecule has 1 fully saturated rings. The van der Waals surface area contributed by atoms with Gasteiger partial charge in [0.1, 0.15) is 0 Å². The molecule has 2 unspecified atom stereocenters. The Morgan fingerprint density at radius 1 is 1.28 bits per heavy atom. The summed E-state index contributed by atoms with van der Waals surface area (Å²) in [5, 5.41) is 6.10. The van der Waals surface area contributed by atoms with E-state index in [1.54, 1.807) is 11.8 Å². The normalized spacial score (nSPS) is 20.3. The Morgan fingerprint density at radius 3 is 2.76 bits per heavy atom. The van der Waals surface area contributed by atoms with E-state index in [2.05, 4.69) is 26.6 Å². The molecule has 2 atom stereocenters. The molecule has 138 valence electrons. The van der Waals surface area contributed by atoms with Crippen LogP contribution in [0, 0.1) is 5.92 Å². The maximum Gasteiger partial charge on any atom is 0.223 e. The molecule has 0 radical (unpaired) electrons. The van der Waals surface area contributed by atoms with Crippen LogP contribution in [-0.4, -0.2) is 29.7 Å². The van der Waals surface area contributed by atoms with Crippen molar-refractivity contribution in [3.05, 3.63) is 28.7 Å². The lowest BCUT2D eigenvalue weighted by Crippen LogP contribution is -2.43. The lowest BCUT2D eigenvalue weighted by atomic mass is 9.85. The van der Waals surface area contributed by atoms with Crippen molar-refractivity contribution in [1.29, 1.82) is 0 Å². The van der Waals surface area contributed by atoms with Gasteiger partial charge in [0.2, 0.25) is 11.8 Å². The summed E-state index contributed by atoms with van der Waals surface area (Å²) in [6.45, 7) is 3.95. The topological polar surface area (TPSA) is 58.2 Å². The number of thioether (sulfide) groups is 1. The highest BCUT2D eigenvalue weighted by atomic mass is 79.9.